The quantitative estimate of drug-likeness (QED) is 0.566. The number of non-ortho nitro benzene ring substituents is 1. The van der Waals surface area contributed by atoms with Gasteiger partial charge in [0.2, 0.25) is 0 Å². The van der Waals surface area contributed by atoms with Gasteiger partial charge in [0.25, 0.3) is 5.69 Å². The Hall–Kier alpha value is -1.68. The first-order valence-electron chi connectivity index (χ1n) is 3.76. The zero-order valence-corrected chi connectivity index (χ0v) is 6.88. The van der Waals surface area contributed by atoms with Crippen LogP contribution in [-0.2, 0) is 0 Å². The first-order chi connectivity index (χ1) is 6.24. The summed E-state index contributed by atoms with van der Waals surface area (Å²) in [6.07, 6.45) is 3.27. The van der Waals surface area contributed by atoms with E-state index < -0.39 is 4.92 Å². The number of nitro groups is 1. The monoisotopic (exact) mass is 179 g/mol. The molecule has 1 N–H and O–H groups in total. The second-order valence-corrected chi connectivity index (χ2v) is 2.43. The van der Waals surface area contributed by atoms with Crippen molar-refractivity contribution in [3.63, 3.8) is 0 Å². The van der Waals surface area contributed by atoms with Crippen molar-refractivity contribution in [2.45, 2.75) is 0 Å². The van der Waals surface area contributed by atoms with E-state index in [1.807, 2.05) is 0 Å². The summed E-state index contributed by atoms with van der Waals surface area (Å²) >= 11 is 0. The molecule has 0 aliphatic rings. The highest BCUT2D eigenvalue weighted by Gasteiger charge is 2.01. The molecule has 68 valence electrons. The molecule has 0 fully saturated rings. The van der Waals surface area contributed by atoms with Gasteiger partial charge in [-0.15, -0.1) is 0 Å². The predicted octanol–water partition coefficient (Wildman–Crippen LogP) is 1.60. The maximum Gasteiger partial charge on any atom is 0.269 e. The van der Waals surface area contributed by atoms with Gasteiger partial charge in [0.15, 0.2) is 0 Å². The van der Waals surface area contributed by atoms with E-state index in [0.29, 0.717) is 0 Å². The molecule has 0 aliphatic heterocycles. The Labute approximate surface area is 75.3 Å². The highest BCUT2D eigenvalue weighted by Crippen LogP contribution is 2.12. The van der Waals surface area contributed by atoms with Crippen LogP contribution < -0.4 is 0 Å². The SMILES string of the molecule is O=[N+]([O-])c1ccc(/C=C\CO)cc1. The lowest BCUT2D eigenvalue weighted by Crippen LogP contribution is -1.86. The molecule has 4 heteroatoms. The first-order valence-corrected chi connectivity index (χ1v) is 3.76. The van der Waals surface area contributed by atoms with E-state index in [1.54, 1.807) is 24.3 Å². The van der Waals surface area contributed by atoms with Crippen molar-refractivity contribution in [1.82, 2.24) is 0 Å². The van der Waals surface area contributed by atoms with E-state index in [9.17, 15) is 10.1 Å². The standard InChI is InChI=1S/C9H9NO3/c11-7-1-2-8-3-5-9(6-4-8)10(12)13/h1-6,11H,7H2/b2-1-. The molecule has 1 rings (SSSR count). The lowest BCUT2D eigenvalue weighted by molar-refractivity contribution is -0.384. The van der Waals surface area contributed by atoms with Crippen LogP contribution in [0.25, 0.3) is 6.08 Å². The zero-order chi connectivity index (χ0) is 9.68. The highest BCUT2D eigenvalue weighted by molar-refractivity contribution is 5.51. The van der Waals surface area contributed by atoms with E-state index in [-0.39, 0.29) is 12.3 Å². The third-order valence-corrected chi connectivity index (χ3v) is 1.52. The molecule has 0 aliphatic carbocycles. The van der Waals surface area contributed by atoms with Crippen LogP contribution in [-0.4, -0.2) is 16.6 Å². The number of aliphatic hydroxyl groups excluding tert-OH is 1. The van der Waals surface area contributed by atoms with Crippen LogP contribution >= 0.6 is 0 Å². The number of hydrogen-bond acceptors (Lipinski definition) is 3. The summed E-state index contributed by atoms with van der Waals surface area (Å²) in [5, 5.41) is 18.7. The molecule has 0 spiro atoms. The number of hydrogen-bond donors (Lipinski definition) is 1. The van der Waals surface area contributed by atoms with Crippen molar-refractivity contribution in [2.75, 3.05) is 6.61 Å². The smallest absolute Gasteiger partial charge is 0.269 e. The Morgan fingerprint density at radius 1 is 1.38 bits per heavy atom. The molecule has 0 amide bonds. The van der Waals surface area contributed by atoms with Crippen molar-refractivity contribution < 1.29 is 10.0 Å². The molecule has 1 aromatic carbocycles. The predicted molar refractivity (Wildman–Crippen MR) is 49.2 cm³/mol. The molecule has 13 heavy (non-hydrogen) atoms. The van der Waals surface area contributed by atoms with Gasteiger partial charge in [0.1, 0.15) is 0 Å². The van der Waals surface area contributed by atoms with Gasteiger partial charge in [-0.3, -0.25) is 10.1 Å². The van der Waals surface area contributed by atoms with Crippen molar-refractivity contribution in [3.8, 4) is 0 Å². The summed E-state index contributed by atoms with van der Waals surface area (Å²) in [5.41, 5.74) is 0.904. The number of rotatable bonds is 3. The van der Waals surface area contributed by atoms with Gasteiger partial charge < -0.3 is 5.11 Å². The molecular formula is C9H9NO3. The van der Waals surface area contributed by atoms with Gasteiger partial charge in [0.05, 0.1) is 11.5 Å². The third-order valence-electron chi connectivity index (χ3n) is 1.52. The lowest BCUT2D eigenvalue weighted by atomic mass is 10.2. The van der Waals surface area contributed by atoms with Crippen LogP contribution in [0.3, 0.4) is 0 Å². The summed E-state index contributed by atoms with van der Waals surface area (Å²) in [5.74, 6) is 0. The molecule has 0 heterocycles. The van der Waals surface area contributed by atoms with Crippen LogP contribution in [0.4, 0.5) is 5.69 Å². The zero-order valence-electron chi connectivity index (χ0n) is 6.88. The van der Waals surface area contributed by atoms with Gasteiger partial charge in [-0.25, -0.2) is 0 Å². The lowest BCUT2D eigenvalue weighted by Gasteiger charge is -1.92. The Morgan fingerprint density at radius 2 is 2.00 bits per heavy atom. The Kier molecular flexibility index (Phi) is 3.16. The van der Waals surface area contributed by atoms with Gasteiger partial charge >= 0.3 is 0 Å². The van der Waals surface area contributed by atoms with Crippen molar-refractivity contribution in [2.24, 2.45) is 0 Å². The van der Waals surface area contributed by atoms with Crippen LogP contribution in [0.2, 0.25) is 0 Å². The average molecular weight is 179 g/mol. The fraction of sp³-hybridized carbons (Fsp3) is 0.111. The van der Waals surface area contributed by atoms with E-state index in [1.165, 1.54) is 12.1 Å². The van der Waals surface area contributed by atoms with Crippen LogP contribution in [0.1, 0.15) is 5.56 Å². The minimum atomic E-state index is -0.445. The van der Waals surface area contributed by atoms with Crippen molar-refractivity contribution >= 4 is 11.8 Å². The minimum Gasteiger partial charge on any atom is -0.392 e. The van der Waals surface area contributed by atoms with Crippen LogP contribution in [0.15, 0.2) is 30.3 Å². The number of aliphatic hydroxyl groups is 1. The minimum absolute atomic E-state index is 0.0308. The summed E-state index contributed by atoms with van der Waals surface area (Å²) in [4.78, 5) is 9.83. The molecule has 4 nitrogen and oxygen atoms in total. The summed E-state index contributed by atoms with van der Waals surface area (Å²) in [7, 11) is 0. The molecule has 1 aromatic rings. The topological polar surface area (TPSA) is 63.4 Å². The van der Waals surface area contributed by atoms with Gasteiger partial charge in [-0.2, -0.15) is 0 Å². The van der Waals surface area contributed by atoms with Gasteiger partial charge in [-0.05, 0) is 17.7 Å². The number of nitro benzene ring substituents is 1. The molecule has 0 radical (unpaired) electrons. The van der Waals surface area contributed by atoms with E-state index in [0.717, 1.165) is 5.56 Å². The fourth-order valence-electron chi connectivity index (χ4n) is 0.896. The van der Waals surface area contributed by atoms with Crippen LogP contribution in [0, 0.1) is 10.1 Å². The summed E-state index contributed by atoms with van der Waals surface area (Å²) in [6, 6.07) is 6.11. The maximum atomic E-state index is 10.3. The maximum absolute atomic E-state index is 10.3. The number of nitrogens with zero attached hydrogens (tertiary/aromatic N) is 1. The Balaban J connectivity index is 2.81. The fourth-order valence-corrected chi connectivity index (χ4v) is 0.896. The highest BCUT2D eigenvalue weighted by atomic mass is 16.6. The second-order valence-electron chi connectivity index (χ2n) is 2.43. The Bertz CT molecular complexity index is 316. The first kappa shape index (κ1) is 9.41. The molecular weight excluding hydrogens is 170 g/mol. The normalized spacial score (nSPS) is 10.5. The van der Waals surface area contributed by atoms with E-state index >= 15 is 0 Å². The van der Waals surface area contributed by atoms with Crippen LogP contribution in [0.5, 0.6) is 0 Å². The van der Waals surface area contributed by atoms with E-state index in [2.05, 4.69) is 0 Å². The molecule has 0 saturated carbocycles. The average Bonchev–Trinajstić information content (AvgIpc) is 2.15. The van der Waals surface area contributed by atoms with E-state index in [4.69, 9.17) is 5.11 Å². The molecule has 0 saturated heterocycles. The molecule has 0 aromatic heterocycles. The Morgan fingerprint density at radius 3 is 2.46 bits per heavy atom. The second kappa shape index (κ2) is 4.37. The number of benzene rings is 1. The summed E-state index contributed by atoms with van der Waals surface area (Å²) in [6.45, 7) is -0.0308. The summed E-state index contributed by atoms with van der Waals surface area (Å²) < 4.78 is 0. The molecule has 0 atom stereocenters. The third kappa shape index (κ3) is 2.68. The van der Waals surface area contributed by atoms with Crippen molar-refractivity contribution in [3.05, 3.63) is 46.0 Å². The van der Waals surface area contributed by atoms with Gasteiger partial charge in [0, 0.05) is 12.1 Å². The van der Waals surface area contributed by atoms with Crippen molar-refractivity contribution in [1.29, 1.82) is 0 Å². The largest absolute Gasteiger partial charge is 0.392 e. The molecule has 0 unspecified atom stereocenters. The van der Waals surface area contributed by atoms with Gasteiger partial charge in [-0.1, -0.05) is 12.2 Å². The molecule has 0 bridgehead atoms.